The number of imidazole rings is 1. The maximum atomic E-state index is 12.7. The third-order valence-electron chi connectivity index (χ3n) is 1.83. The van der Waals surface area contributed by atoms with E-state index in [0.29, 0.717) is 5.65 Å². The Morgan fingerprint density at radius 3 is 3.17 bits per heavy atom. The Morgan fingerprint density at radius 2 is 2.42 bits per heavy atom. The van der Waals surface area contributed by atoms with Gasteiger partial charge >= 0.3 is 0 Å². The van der Waals surface area contributed by atoms with Crippen molar-refractivity contribution in [2.24, 2.45) is 0 Å². The molecule has 0 aromatic carbocycles. The number of fused-ring (bicyclic) bond motifs is 1. The van der Waals surface area contributed by atoms with Gasteiger partial charge in [-0.25, -0.2) is 9.37 Å². The molecule has 2 aromatic heterocycles. The fourth-order valence-electron chi connectivity index (χ4n) is 1.18. The molecule has 0 radical (unpaired) electrons. The van der Waals surface area contributed by atoms with Gasteiger partial charge in [0, 0.05) is 18.5 Å². The van der Waals surface area contributed by atoms with E-state index in [0.717, 1.165) is 12.1 Å². The van der Waals surface area contributed by atoms with Crippen LogP contribution in [-0.2, 0) is 6.42 Å². The number of aryl methyl sites for hydroxylation is 1. The van der Waals surface area contributed by atoms with Crippen LogP contribution in [0.1, 0.15) is 12.6 Å². The van der Waals surface area contributed by atoms with Gasteiger partial charge in [-0.15, -0.1) is 0 Å². The number of hydrogen-bond acceptors (Lipinski definition) is 1. The molecule has 0 bridgehead atoms. The van der Waals surface area contributed by atoms with Gasteiger partial charge in [-0.05, 0) is 12.5 Å². The third kappa shape index (κ3) is 1.07. The zero-order chi connectivity index (χ0) is 8.55. The van der Waals surface area contributed by atoms with Crippen LogP contribution in [0.15, 0.2) is 24.5 Å². The summed E-state index contributed by atoms with van der Waals surface area (Å²) in [6.07, 6.45) is 4.47. The Labute approximate surface area is 69.7 Å². The molecule has 0 spiro atoms. The van der Waals surface area contributed by atoms with Crippen molar-refractivity contribution in [3.8, 4) is 0 Å². The highest BCUT2D eigenvalue weighted by molar-refractivity contribution is 5.39. The summed E-state index contributed by atoms with van der Waals surface area (Å²) in [5.74, 6) is -0.240. The fourth-order valence-corrected chi connectivity index (χ4v) is 1.18. The van der Waals surface area contributed by atoms with Crippen LogP contribution in [0.3, 0.4) is 0 Å². The molecule has 2 aromatic rings. The molecular formula is C9H9FN2. The Balaban J connectivity index is 2.67. The zero-order valence-electron chi connectivity index (χ0n) is 6.79. The van der Waals surface area contributed by atoms with E-state index in [-0.39, 0.29) is 5.82 Å². The van der Waals surface area contributed by atoms with Crippen molar-refractivity contribution in [3.63, 3.8) is 0 Å². The van der Waals surface area contributed by atoms with E-state index in [1.54, 1.807) is 6.20 Å². The van der Waals surface area contributed by atoms with Crippen molar-refractivity contribution in [2.75, 3.05) is 0 Å². The summed E-state index contributed by atoms with van der Waals surface area (Å²) in [6, 6.07) is 2.85. The minimum atomic E-state index is -0.240. The molecule has 0 saturated carbocycles. The van der Waals surface area contributed by atoms with E-state index in [2.05, 4.69) is 4.98 Å². The van der Waals surface area contributed by atoms with E-state index in [9.17, 15) is 4.39 Å². The number of nitrogens with zero attached hydrogens (tertiary/aromatic N) is 2. The van der Waals surface area contributed by atoms with E-state index in [1.807, 2.05) is 17.5 Å². The Bertz CT molecular complexity index is 406. The van der Waals surface area contributed by atoms with Crippen LogP contribution < -0.4 is 0 Å². The molecule has 2 nitrogen and oxygen atoms in total. The normalized spacial score (nSPS) is 10.8. The average Bonchev–Trinajstić information content (AvgIpc) is 2.46. The maximum Gasteiger partial charge on any atom is 0.139 e. The predicted octanol–water partition coefficient (Wildman–Crippen LogP) is 2.04. The molecule has 0 aliphatic heterocycles. The number of rotatable bonds is 1. The lowest BCUT2D eigenvalue weighted by Gasteiger charge is -1.90. The first-order valence-corrected chi connectivity index (χ1v) is 3.92. The van der Waals surface area contributed by atoms with Crippen molar-refractivity contribution in [3.05, 3.63) is 36.0 Å². The molecule has 0 amide bonds. The predicted molar refractivity (Wildman–Crippen MR) is 44.5 cm³/mol. The third-order valence-corrected chi connectivity index (χ3v) is 1.83. The Kier molecular flexibility index (Phi) is 1.57. The summed E-state index contributed by atoms with van der Waals surface area (Å²) in [5.41, 5.74) is 1.66. The van der Waals surface area contributed by atoms with Gasteiger partial charge in [0.1, 0.15) is 11.5 Å². The molecule has 3 heteroatoms. The van der Waals surface area contributed by atoms with Crippen LogP contribution in [0.25, 0.3) is 5.65 Å². The SMILES string of the molecule is CCc1cn2ccc(F)cc2n1. The smallest absolute Gasteiger partial charge is 0.139 e. The van der Waals surface area contributed by atoms with Gasteiger partial charge in [0.15, 0.2) is 0 Å². The molecule has 0 aliphatic carbocycles. The van der Waals surface area contributed by atoms with Gasteiger partial charge in [0.25, 0.3) is 0 Å². The first-order chi connectivity index (χ1) is 5.79. The molecule has 12 heavy (non-hydrogen) atoms. The maximum absolute atomic E-state index is 12.7. The van der Waals surface area contributed by atoms with Gasteiger partial charge in [0.05, 0.1) is 5.69 Å². The van der Waals surface area contributed by atoms with Crippen LogP contribution >= 0.6 is 0 Å². The molecule has 2 rings (SSSR count). The van der Waals surface area contributed by atoms with E-state index in [4.69, 9.17) is 0 Å². The summed E-state index contributed by atoms with van der Waals surface area (Å²) >= 11 is 0. The summed E-state index contributed by atoms with van der Waals surface area (Å²) in [4.78, 5) is 4.22. The van der Waals surface area contributed by atoms with Crippen molar-refractivity contribution < 1.29 is 4.39 Å². The van der Waals surface area contributed by atoms with Gasteiger partial charge in [-0.3, -0.25) is 0 Å². The largest absolute Gasteiger partial charge is 0.307 e. The molecule has 62 valence electrons. The number of aromatic nitrogens is 2. The molecular weight excluding hydrogens is 155 g/mol. The molecule has 0 N–H and O–H groups in total. The van der Waals surface area contributed by atoms with Gasteiger partial charge < -0.3 is 4.40 Å². The van der Waals surface area contributed by atoms with Gasteiger partial charge in [-0.2, -0.15) is 0 Å². The molecule has 0 saturated heterocycles. The second kappa shape index (κ2) is 2.59. The highest BCUT2D eigenvalue weighted by Crippen LogP contribution is 2.07. The second-order valence-corrected chi connectivity index (χ2v) is 2.70. The van der Waals surface area contributed by atoms with E-state index < -0.39 is 0 Å². The second-order valence-electron chi connectivity index (χ2n) is 2.70. The molecule has 2 heterocycles. The zero-order valence-corrected chi connectivity index (χ0v) is 6.79. The Morgan fingerprint density at radius 1 is 1.58 bits per heavy atom. The molecule has 0 fully saturated rings. The van der Waals surface area contributed by atoms with E-state index in [1.165, 1.54) is 12.1 Å². The number of hydrogen-bond donors (Lipinski definition) is 0. The van der Waals surface area contributed by atoms with Crippen LogP contribution in [-0.4, -0.2) is 9.38 Å². The highest BCUT2D eigenvalue weighted by Gasteiger charge is 1.99. The van der Waals surface area contributed by atoms with Gasteiger partial charge in [0.2, 0.25) is 0 Å². The monoisotopic (exact) mass is 164 g/mol. The number of pyridine rings is 1. The van der Waals surface area contributed by atoms with Crippen molar-refractivity contribution in [1.82, 2.24) is 9.38 Å². The fraction of sp³-hybridized carbons (Fsp3) is 0.222. The minimum absolute atomic E-state index is 0.240. The lowest BCUT2D eigenvalue weighted by molar-refractivity contribution is 0.626. The summed E-state index contributed by atoms with van der Waals surface area (Å²) in [5, 5.41) is 0. The number of halogens is 1. The summed E-state index contributed by atoms with van der Waals surface area (Å²) in [7, 11) is 0. The summed E-state index contributed by atoms with van der Waals surface area (Å²) < 4.78 is 14.5. The Hall–Kier alpha value is -1.38. The lowest BCUT2D eigenvalue weighted by atomic mass is 10.4. The van der Waals surface area contributed by atoms with Gasteiger partial charge in [-0.1, -0.05) is 6.92 Å². The van der Waals surface area contributed by atoms with Crippen molar-refractivity contribution >= 4 is 5.65 Å². The standard InChI is InChI=1S/C9H9FN2/c1-2-8-6-12-4-3-7(10)5-9(12)11-8/h3-6H,2H2,1H3. The van der Waals surface area contributed by atoms with Crippen LogP contribution in [0.4, 0.5) is 4.39 Å². The van der Waals surface area contributed by atoms with Crippen LogP contribution in [0.2, 0.25) is 0 Å². The topological polar surface area (TPSA) is 17.3 Å². The highest BCUT2D eigenvalue weighted by atomic mass is 19.1. The molecule has 0 atom stereocenters. The van der Waals surface area contributed by atoms with Crippen LogP contribution in [0.5, 0.6) is 0 Å². The first-order valence-electron chi connectivity index (χ1n) is 3.92. The molecule has 0 aliphatic rings. The van der Waals surface area contributed by atoms with Crippen molar-refractivity contribution in [1.29, 1.82) is 0 Å². The average molecular weight is 164 g/mol. The molecule has 0 unspecified atom stereocenters. The quantitative estimate of drug-likeness (QED) is 0.630. The minimum Gasteiger partial charge on any atom is -0.307 e. The van der Waals surface area contributed by atoms with Crippen LogP contribution in [0, 0.1) is 5.82 Å². The van der Waals surface area contributed by atoms with Crippen molar-refractivity contribution in [2.45, 2.75) is 13.3 Å². The summed E-state index contributed by atoms with van der Waals surface area (Å²) in [6.45, 7) is 2.03. The van der Waals surface area contributed by atoms with E-state index >= 15 is 0 Å². The lowest BCUT2D eigenvalue weighted by Crippen LogP contribution is -1.82. The first kappa shape index (κ1) is 7.28.